The van der Waals surface area contributed by atoms with Gasteiger partial charge in [0.15, 0.2) is 0 Å². The van der Waals surface area contributed by atoms with E-state index >= 15 is 0 Å². The molecule has 2 nitrogen and oxygen atoms in total. The van der Waals surface area contributed by atoms with Crippen LogP contribution in [0.3, 0.4) is 0 Å². The number of ether oxygens (including phenoxy) is 2. The van der Waals surface area contributed by atoms with Crippen LogP contribution in [0.15, 0.2) is 0 Å². The van der Waals surface area contributed by atoms with Crippen LogP contribution in [0.4, 0.5) is 0 Å². The summed E-state index contributed by atoms with van der Waals surface area (Å²) in [5.41, 5.74) is 0. The van der Waals surface area contributed by atoms with Crippen molar-refractivity contribution in [2.24, 2.45) is 5.92 Å². The van der Waals surface area contributed by atoms with Crippen LogP contribution in [0.25, 0.3) is 0 Å². The van der Waals surface area contributed by atoms with Gasteiger partial charge in [-0.05, 0) is 25.2 Å². The predicted molar refractivity (Wildman–Crippen MR) is 37.6 cm³/mol. The second kappa shape index (κ2) is 2.51. The Balaban J connectivity index is 1.96. The van der Waals surface area contributed by atoms with Gasteiger partial charge >= 0.3 is 0 Å². The van der Waals surface area contributed by atoms with E-state index < -0.39 is 0 Å². The van der Waals surface area contributed by atoms with Gasteiger partial charge in [0, 0.05) is 0 Å². The van der Waals surface area contributed by atoms with Gasteiger partial charge in [0.05, 0.1) is 12.2 Å². The fraction of sp³-hybridized carbons (Fsp3) is 1.00. The van der Waals surface area contributed by atoms with Gasteiger partial charge in [-0.1, -0.05) is 6.92 Å². The molecule has 0 spiro atoms. The van der Waals surface area contributed by atoms with Crippen LogP contribution >= 0.6 is 0 Å². The highest BCUT2D eigenvalue weighted by Gasteiger charge is 2.34. The monoisotopic (exact) mass is 142 g/mol. The molecular weight excluding hydrogens is 128 g/mol. The standard InChI is InChI=1S/C8H14O2/c1-6-2-3-7-8(4-6)10-5-9-7/h6-8H,2-5H2,1H3/t6-,7?,8?/m0/s1. The zero-order valence-electron chi connectivity index (χ0n) is 6.38. The predicted octanol–water partition coefficient (Wildman–Crippen LogP) is 1.55. The number of fused-ring (bicyclic) bond motifs is 1. The topological polar surface area (TPSA) is 18.5 Å². The fourth-order valence-electron chi connectivity index (χ4n) is 1.88. The Bertz CT molecular complexity index is 124. The van der Waals surface area contributed by atoms with Crippen LogP contribution in [-0.2, 0) is 9.47 Å². The molecule has 0 N–H and O–H groups in total. The lowest BCUT2D eigenvalue weighted by molar-refractivity contribution is 0.0390. The normalized spacial score (nSPS) is 47.1. The summed E-state index contributed by atoms with van der Waals surface area (Å²) in [6, 6.07) is 0. The number of rotatable bonds is 0. The van der Waals surface area contributed by atoms with E-state index in [2.05, 4.69) is 6.92 Å². The Morgan fingerprint density at radius 3 is 2.80 bits per heavy atom. The SMILES string of the molecule is C[C@H]1CCC2OCOC2C1. The second-order valence-electron chi connectivity index (χ2n) is 3.45. The molecule has 58 valence electrons. The third-order valence-electron chi connectivity index (χ3n) is 2.56. The van der Waals surface area contributed by atoms with Crippen molar-refractivity contribution in [1.82, 2.24) is 0 Å². The molecule has 3 atom stereocenters. The lowest BCUT2D eigenvalue weighted by Crippen LogP contribution is -2.29. The van der Waals surface area contributed by atoms with Crippen molar-refractivity contribution in [1.29, 1.82) is 0 Å². The van der Waals surface area contributed by atoms with E-state index in [9.17, 15) is 0 Å². The van der Waals surface area contributed by atoms with Gasteiger partial charge in [0.1, 0.15) is 6.79 Å². The Labute approximate surface area is 61.5 Å². The number of hydrogen-bond acceptors (Lipinski definition) is 2. The molecule has 1 heterocycles. The largest absolute Gasteiger partial charge is 0.349 e. The maximum Gasteiger partial charge on any atom is 0.147 e. The van der Waals surface area contributed by atoms with Crippen molar-refractivity contribution < 1.29 is 9.47 Å². The van der Waals surface area contributed by atoms with E-state index in [4.69, 9.17) is 9.47 Å². The van der Waals surface area contributed by atoms with Crippen molar-refractivity contribution in [3.63, 3.8) is 0 Å². The van der Waals surface area contributed by atoms with E-state index in [1.165, 1.54) is 19.3 Å². The summed E-state index contributed by atoms with van der Waals surface area (Å²) >= 11 is 0. The maximum atomic E-state index is 5.41. The molecule has 0 bridgehead atoms. The van der Waals surface area contributed by atoms with Gasteiger partial charge in [-0.3, -0.25) is 0 Å². The molecule has 1 saturated carbocycles. The summed E-state index contributed by atoms with van der Waals surface area (Å²) in [5.74, 6) is 0.836. The lowest BCUT2D eigenvalue weighted by atomic mass is 9.87. The van der Waals surface area contributed by atoms with Crippen LogP contribution in [0, 0.1) is 5.92 Å². The third-order valence-corrected chi connectivity index (χ3v) is 2.56. The molecule has 10 heavy (non-hydrogen) atoms. The quantitative estimate of drug-likeness (QED) is 0.511. The molecule has 2 unspecified atom stereocenters. The second-order valence-corrected chi connectivity index (χ2v) is 3.45. The highest BCUT2D eigenvalue weighted by Crippen LogP contribution is 2.31. The molecule has 0 aromatic rings. The van der Waals surface area contributed by atoms with Gasteiger partial charge in [-0.2, -0.15) is 0 Å². The van der Waals surface area contributed by atoms with Gasteiger partial charge in [0.25, 0.3) is 0 Å². The van der Waals surface area contributed by atoms with E-state index in [0.29, 0.717) is 19.0 Å². The molecule has 2 fully saturated rings. The highest BCUT2D eigenvalue weighted by atomic mass is 16.7. The minimum absolute atomic E-state index is 0.420. The minimum Gasteiger partial charge on any atom is -0.349 e. The van der Waals surface area contributed by atoms with Crippen LogP contribution in [0.5, 0.6) is 0 Å². The zero-order valence-corrected chi connectivity index (χ0v) is 6.38. The van der Waals surface area contributed by atoms with Crippen molar-refractivity contribution in [3.05, 3.63) is 0 Å². The van der Waals surface area contributed by atoms with E-state index in [1.54, 1.807) is 0 Å². The summed E-state index contributed by atoms with van der Waals surface area (Å²) in [6.07, 6.45) is 4.56. The van der Waals surface area contributed by atoms with Crippen LogP contribution in [0.2, 0.25) is 0 Å². The molecule has 2 aliphatic rings. The summed E-state index contributed by atoms with van der Waals surface area (Å²) in [5, 5.41) is 0. The van der Waals surface area contributed by atoms with Crippen LogP contribution in [-0.4, -0.2) is 19.0 Å². The van der Waals surface area contributed by atoms with Crippen LogP contribution < -0.4 is 0 Å². The molecule has 0 amide bonds. The van der Waals surface area contributed by atoms with E-state index in [0.717, 1.165) is 5.92 Å². The van der Waals surface area contributed by atoms with Gasteiger partial charge in [0.2, 0.25) is 0 Å². The maximum absolute atomic E-state index is 5.41. The lowest BCUT2D eigenvalue weighted by Gasteiger charge is -2.26. The molecule has 2 heteroatoms. The molecule has 1 aliphatic carbocycles. The molecule has 0 radical (unpaired) electrons. The van der Waals surface area contributed by atoms with E-state index in [1.807, 2.05) is 0 Å². The Kier molecular flexibility index (Phi) is 1.66. The minimum atomic E-state index is 0.420. The van der Waals surface area contributed by atoms with Gasteiger partial charge in [-0.15, -0.1) is 0 Å². The first-order chi connectivity index (χ1) is 4.86. The molecule has 1 aliphatic heterocycles. The fourth-order valence-corrected chi connectivity index (χ4v) is 1.88. The average Bonchev–Trinajstić information content (AvgIpc) is 2.33. The smallest absolute Gasteiger partial charge is 0.147 e. The molecule has 0 aromatic carbocycles. The van der Waals surface area contributed by atoms with E-state index in [-0.39, 0.29) is 0 Å². The Hall–Kier alpha value is -0.0800. The van der Waals surface area contributed by atoms with Crippen LogP contribution in [0.1, 0.15) is 26.2 Å². The third kappa shape index (κ3) is 1.06. The highest BCUT2D eigenvalue weighted by molar-refractivity contribution is 4.81. The Morgan fingerprint density at radius 2 is 1.90 bits per heavy atom. The zero-order chi connectivity index (χ0) is 6.97. The van der Waals surface area contributed by atoms with Crippen molar-refractivity contribution in [2.75, 3.05) is 6.79 Å². The molecular formula is C8H14O2. The summed E-state index contributed by atoms with van der Waals surface area (Å²) in [6.45, 7) is 2.82. The van der Waals surface area contributed by atoms with Crippen molar-refractivity contribution >= 4 is 0 Å². The Morgan fingerprint density at radius 1 is 1.10 bits per heavy atom. The molecule has 2 rings (SSSR count). The summed E-state index contributed by atoms with van der Waals surface area (Å²) in [4.78, 5) is 0. The van der Waals surface area contributed by atoms with Crippen molar-refractivity contribution in [2.45, 2.75) is 38.4 Å². The first kappa shape index (κ1) is 6.62. The summed E-state index contributed by atoms with van der Waals surface area (Å²) < 4.78 is 10.8. The van der Waals surface area contributed by atoms with Gasteiger partial charge in [-0.25, -0.2) is 0 Å². The first-order valence-electron chi connectivity index (χ1n) is 4.09. The van der Waals surface area contributed by atoms with Crippen molar-refractivity contribution in [3.8, 4) is 0 Å². The van der Waals surface area contributed by atoms with Gasteiger partial charge < -0.3 is 9.47 Å². The molecule has 1 saturated heterocycles. The average molecular weight is 142 g/mol. The molecule has 0 aromatic heterocycles. The summed E-state index contributed by atoms with van der Waals surface area (Å²) in [7, 11) is 0. The first-order valence-corrected chi connectivity index (χ1v) is 4.09. The number of hydrogen-bond donors (Lipinski definition) is 0.